The van der Waals surface area contributed by atoms with Crippen LogP contribution in [0.3, 0.4) is 0 Å². The molecule has 1 aliphatic heterocycles. The van der Waals surface area contributed by atoms with Crippen LogP contribution in [0.15, 0.2) is 30.6 Å². The fraction of sp³-hybridized carbons (Fsp3) is 0.375. The van der Waals surface area contributed by atoms with Gasteiger partial charge in [-0.25, -0.2) is 18.7 Å². The van der Waals surface area contributed by atoms with E-state index in [4.69, 9.17) is 0 Å². The minimum atomic E-state index is -0.647. The number of hydrogen-bond acceptors (Lipinski definition) is 4. The molecule has 1 fully saturated rings. The maximum Gasteiger partial charge on any atom is 0.149 e. The molecule has 0 radical (unpaired) electrons. The van der Waals surface area contributed by atoms with Crippen LogP contribution in [0.1, 0.15) is 19.8 Å². The van der Waals surface area contributed by atoms with Crippen LogP contribution in [0.5, 0.6) is 0 Å². The second-order valence-electron chi connectivity index (χ2n) is 5.68. The van der Waals surface area contributed by atoms with Gasteiger partial charge >= 0.3 is 0 Å². The Labute approximate surface area is 128 Å². The van der Waals surface area contributed by atoms with Crippen molar-refractivity contribution in [3.05, 3.63) is 42.2 Å². The van der Waals surface area contributed by atoms with Crippen LogP contribution in [0.2, 0.25) is 0 Å². The van der Waals surface area contributed by atoms with E-state index in [0.717, 1.165) is 25.3 Å². The molecule has 6 heteroatoms. The van der Waals surface area contributed by atoms with Gasteiger partial charge in [0.2, 0.25) is 0 Å². The molecule has 1 unspecified atom stereocenters. The first-order valence-corrected chi connectivity index (χ1v) is 7.41. The highest BCUT2D eigenvalue weighted by molar-refractivity contribution is 5.60. The number of para-hydroxylation sites is 1. The molecule has 1 atom stereocenters. The summed E-state index contributed by atoms with van der Waals surface area (Å²) in [6.07, 6.45) is 3.75. The van der Waals surface area contributed by atoms with Crippen LogP contribution >= 0.6 is 0 Å². The number of halogens is 2. The van der Waals surface area contributed by atoms with Gasteiger partial charge in [0.05, 0.1) is 0 Å². The number of hydrogen-bond donors (Lipinski definition) is 1. The topological polar surface area (TPSA) is 41.0 Å². The number of rotatable bonds is 3. The summed E-state index contributed by atoms with van der Waals surface area (Å²) < 4.78 is 27.4. The van der Waals surface area contributed by atoms with Crippen LogP contribution in [0, 0.1) is 17.6 Å². The fourth-order valence-electron chi connectivity index (χ4n) is 2.73. The van der Waals surface area contributed by atoms with E-state index in [2.05, 4.69) is 27.1 Å². The smallest absolute Gasteiger partial charge is 0.149 e. The Hall–Kier alpha value is -2.24. The minimum absolute atomic E-state index is 0.195. The van der Waals surface area contributed by atoms with Crippen molar-refractivity contribution in [3.63, 3.8) is 0 Å². The molecule has 0 bridgehead atoms. The number of nitrogens with one attached hydrogen (secondary N) is 1. The zero-order valence-corrected chi connectivity index (χ0v) is 12.4. The summed E-state index contributed by atoms with van der Waals surface area (Å²) in [6.45, 7) is 4.08. The van der Waals surface area contributed by atoms with Crippen LogP contribution < -0.4 is 10.2 Å². The Balaban J connectivity index is 1.82. The molecule has 0 aliphatic carbocycles. The predicted molar refractivity (Wildman–Crippen MR) is 82.3 cm³/mol. The van der Waals surface area contributed by atoms with E-state index >= 15 is 0 Å². The van der Waals surface area contributed by atoms with Crippen molar-refractivity contribution >= 4 is 17.3 Å². The van der Waals surface area contributed by atoms with E-state index in [-0.39, 0.29) is 5.69 Å². The molecule has 2 heterocycles. The first-order valence-electron chi connectivity index (χ1n) is 7.41. The van der Waals surface area contributed by atoms with Gasteiger partial charge in [0.25, 0.3) is 0 Å². The molecule has 1 saturated heterocycles. The molecule has 0 saturated carbocycles. The molecule has 2 aromatic rings. The third-order valence-corrected chi connectivity index (χ3v) is 3.85. The number of nitrogens with zero attached hydrogens (tertiary/aromatic N) is 3. The average molecular weight is 304 g/mol. The molecule has 1 N–H and O–H groups in total. The summed E-state index contributed by atoms with van der Waals surface area (Å²) in [7, 11) is 0. The summed E-state index contributed by atoms with van der Waals surface area (Å²) in [5.41, 5.74) is -0.195. The van der Waals surface area contributed by atoms with Gasteiger partial charge in [0, 0.05) is 19.2 Å². The molecule has 0 spiro atoms. The van der Waals surface area contributed by atoms with Gasteiger partial charge in [-0.2, -0.15) is 0 Å². The molecule has 4 nitrogen and oxygen atoms in total. The van der Waals surface area contributed by atoms with Crippen LogP contribution in [-0.4, -0.2) is 23.1 Å². The Morgan fingerprint density at radius 1 is 1.23 bits per heavy atom. The molecule has 1 aliphatic rings. The third-order valence-electron chi connectivity index (χ3n) is 3.85. The standard InChI is InChI=1S/C16H18F2N4/c1-11-4-3-7-22(9-11)15-8-14(19-10-20-15)21-16-12(17)5-2-6-13(16)18/h2,5-6,8,10-11H,3-4,7,9H2,1H3,(H,19,20,21). The fourth-order valence-corrected chi connectivity index (χ4v) is 2.73. The molecule has 1 aromatic carbocycles. The quantitative estimate of drug-likeness (QED) is 0.938. The van der Waals surface area contributed by atoms with E-state index in [9.17, 15) is 8.78 Å². The second-order valence-corrected chi connectivity index (χ2v) is 5.68. The van der Waals surface area contributed by atoms with Gasteiger partial charge in [-0.15, -0.1) is 0 Å². The molecule has 116 valence electrons. The van der Waals surface area contributed by atoms with E-state index < -0.39 is 11.6 Å². The van der Waals surface area contributed by atoms with E-state index in [1.165, 1.54) is 30.9 Å². The average Bonchev–Trinajstić information content (AvgIpc) is 2.51. The number of aromatic nitrogens is 2. The summed E-state index contributed by atoms with van der Waals surface area (Å²) >= 11 is 0. The summed E-state index contributed by atoms with van der Waals surface area (Å²) in [5, 5.41) is 2.70. The normalized spacial score (nSPS) is 18.3. The highest BCUT2D eigenvalue weighted by Crippen LogP contribution is 2.25. The van der Waals surface area contributed by atoms with Gasteiger partial charge in [-0.05, 0) is 30.9 Å². The third kappa shape index (κ3) is 3.16. The minimum Gasteiger partial charge on any atom is -0.356 e. The first kappa shape index (κ1) is 14.7. The Bertz CT molecular complexity index is 642. The second kappa shape index (κ2) is 6.25. The van der Waals surface area contributed by atoms with E-state index in [1.54, 1.807) is 6.07 Å². The zero-order valence-electron chi connectivity index (χ0n) is 12.4. The lowest BCUT2D eigenvalue weighted by atomic mass is 10.0. The summed E-state index contributed by atoms with van der Waals surface area (Å²) in [5.74, 6) is 0.482. The molecular formula is C16H18F2N4. The van der Waals surface area contributed by atoms with Crippen molar-refractivity contribution in [1.29, 1.82) is 0 Å². The highest BCUT2D eigenvalue weighted by atomic mass is 19.1. The lowest BCUT2D eigenvalue weighted by molar-refractivity contribution is 0.444. The molecule has 0 amide bonds. The molecule has 22 heavy (non-hydrogen) atoms. The van der Waals surface area contributed by atoms with Gasteiger partial charge in [-0.3, -0.25) is 0 Å². The highest BCUT2D eigenvalue weighted by Gasteiger charge is 2.18. The largest absolute Gasteiger partial charge is 0.356 e. The molecule has 3 rings (SSSR count). The number of benzene rings is 1. The zero-order chi connectivity index (χ0) is 15.5. The van der Waals surface area contributed by atoms with E-state index in [1.807, 2.05) is 0 Å². The van der Waals surface area contributed by atoms with Gasteiger partial charge < -0.3 is 10.2 Å². The molecule has 1 aromatic heterocycles. The Morgan fingerprint density at radius 2 is 2.00 bits per heavy atom. The van der Waals surface area contributed by atoms with Gasteiger partial charge in [0.15, 0.2) is 0 Å². The summed E-state index contributed by atoms with van der Waals surface area (Å²) in [6, 6.07) is 5.47. The number of piperidine rings is 1. The van der Waals surface area contributed by atoms with Crippen LogP contribution in [0.4, 0.5) is 26.1 Å². The van der Waals surface area contributed by atoms with Crippen molar-refractivity contribution < 1.29 is 8.78 Å². The van der Waals surface area contributed by atoms with Crippen molar-refractivity contribution in [3.8, 4) is 0 Å². The lowest BCUT2D eigenvalue weighted by Crippen LogP contribution is -2.34. The number of anilines is 3. The van der Waals surface area contributed by atoms with Crippen molar-refractivity contribution in [1.82, 2.24) is 9.97 Å². The van der Waals surface area contributed by atoms with Gasteiger partial charge in [-0.1, -0.05) is 13.0 Å². The van der Waals surface area contributed by atoms with Crippen LogP contribution in [0.25, 0.3) is 0 Å². The SMILES string of the molecule is CC1CCCN(c2cc(Nc3c(F)cccc3F)ncn2)C1. The van der Waals surface area contributed by atoms with Crippen molar-refractivity contribution in [2.45, 2.75) is 19.8 Å². The maximum absolute atomic E-state index is 13.7. The van der Waals surface area contributed by atoms with Crippen molar-refractivity contribution in [2.75, 3.05) is 23.3 Å². The monoisotopic (exact) mass is 304 g/mol. The summed E-state index contributed by atoms with van der Waals surface area (Å²) in [4.78, 5) is 10.5. The maximum atomic E-state index is 13.7. The predicted octanol–water partition coefficient (Wildman–Crippen LogP) is 3.73. The first-order chi connectivity index (χ1) is 10.6. The van der Waals surface area contributed by atoms with Crippen LogP contribution in [-0.2, 0) is 0 Å². The Morgan fingerprint density at radius 3 is 2.73 bits per heavy atom. The van der Waals surface area contributed by atoms with Crippen molar-refractivity contribution in [2.24, 2.45) is 5.92 Å². The van der Waals surface area contributed by atoms with E-state index in [0.29, 0.717) is 11.7 Å². The van der Waals surface area contributed by atoms with Gasteiger partial charge in [0.1, 0.15) is 35.3 Å². The lowest BCUT2D eigenvalue weighted by Gasteiger charge is -2.31. The molecular weight excluding hydrogens is 286 g/mol. The Kier molecular flexibility index (Phi) is 4.18.